The van der Waals surface area contributed by atoms with Gasteiger partial charge in [-0.25, -0.2) is 9.18 Å². The maximum atomic E-state index is 13.9. The summed E-state index contributed by atoms with van der Waals surface area (Å²) in [6.45, 7) is 0.264. The summed E-state index contributed by atoms with van der Waals surface area (Å²) in [6.07, 6.45) is 0. The summed E-state index contributed by atoms with van der Waals surface area (Å²) < 4.78 is 19.5. The minimum absolute atomic E-state index is 0.00619. The van der Waals surface area contributed by atoms with Crippen LogP contribution < -0.4 is 4.74 Å². The largest absolute Gasteiger partial charge is 0.488 e. The minimum Gasteiger partial charge on any atom is -0.488 e. The Morgan fingerprint density at radius 2 is 1.67 bits per heavy atom. The van der Waals surface area contributed by atoms with E-state index in [1.54, 1.807) is 30.3 Å². The van der Waals surface area contributed by atoms with Crippen LogP contribution in [0.4, 0.5) is 4.39 Å². The van der Waals surface area contributed by atoms with Crippen LogP contribution in [0.3, 0.4) is 0 Å². The van der Waals surface area contributed by atoms with E-state index < -0.39 is 11.8 Å². The summed E-state index contributed by atoms with van der Waals surface area (Å²) in [7, 11) is 0. The van der Waals surface area contributed by atoms with E-state index in [2.05, 4.69) is 0 Å². The zero-order valence-corrected chi connectivity index (χ0v) is 12.8. The SMILES string of the molecule is O=C(O)c1cc(-c2ccccc2F)ccc1OCc1ccccc1. The molecule has 0 fully saturated rings. The second kappa shape index (κ2) is 6.96. The van der Waals surface area contributed by atoms with Gasteiger partial charge in [-0.15, -0.1) is 0 Å². The molecule has 3 aromatic rings. The first-order valence-corrected chi connectivity index (χ1v) is 7.44. The van der Waals surface area contributed by atoms with Gasteiger partial charge in [-0.2, -0.15) is 0 Å². The first-order chi connectivity index (χ1) is 11.6. The quantitative estimate of drug-likeness (QED) is 0.736. The Morgan fingerprint density at radius 3 is 2.38 bits per heavy atom. The molecule has 1 N–H and O–H groups in total. The first kappa shape index (κ1) is 15.7. The van der Waals surface area contributed by atoms with Crippen LogP contribution in [0.1, 0.15) is 15.9 Å². The molecule has 0 heterocycles. The average molecular weight is 322 g/mol. The van der Waals surface area contributed by atoms with Crippen LogP contribution in [0, 0.1) is 5.82 Å². The highest BCUT2D eigenvalue weighted by Crippen LogP contribution is 2.29. The van der Waals surface area contributed by atoms with Crippen molar-refractivity contribution >= 4 is 5.97 Å². The summed E-state index contributed by atoms with van der Waals surface area (Å²) >= 11 is 0. The number of hydrogen-bond donors (Lipinski definition) is 1. The lowest BCUT2D eigenvalue weighted by molar-refractivity contribution is 0.0692. The lowest BCUT2D eigenvalue weighted by Gasteiger charge is -2.11. The van der Waals surface area contributed by atoms with Crippen molar-refractivity contribution in [1.82, 2.24) is 0 Å². The van der Waals surface area contributed by atoms with Crippen molar-refractivity contribution in [2.75, 3.05) is 0 Å². The van der Waals surface area contributed by atoms with Crippen molar-refractivity contribution < 1.29 is 19.0 Å². The van der Waals surface area contributed by atoms with Gasteiger partial charge in [-0.1, -0.05) is 54.6 Å². The summed E-state index contributed by atoms with van der Waals surface area (Å²) in [5.74, 6) is -1.26. The Morgan fingerprint density at radius 1 is 0.958 bits per heavy atom. The van der Waals surface area contributed by atoms with Crippen LogP contribution in [-0.2, 0) is 6.61 Å². The fraction of sp³-hybridized carbons (Fsp3) is 0.0500. The first-order valence-electron chi connectivity index (χ1n) is 7.44. The highest BCUT2D eigenvalue weighted by Gasteiger charge is 2.14. The highest BCUT2D eigenvalue weighted by atomic mass is 19.1. The van der Waals surface area contributed by atoms with E-state index in [-0.39, 0.29) is 17.9 Å². The lowest BCUT2D eigenvalue weighted by Crippen LogP contribution is -2.04. The molecule has 4 heteroatoms. The highest BCUT2D eigenvalue weighted by molar-refractivity contribution is 5.92. The second-order valence-electron chi connectivity index (χ2n) is 5.27. The van der Waals surface area contributed by atoms with Gasteiger partial charge in [0.15, 0.2) is 0 Å². The molecule has 0 saturated carbocycles. The zero-order chi connectivity index (χ0) is 16.9. The number of hydrogen-bond acceptors (Lipinski definition) is 2. The maximum absolute atomic E-state index is 13.9. The summed E-state index contributed by atoms with van der Waals surface area (Å²) in [5, 5.41) is 9.43. The molecular weight excluding hydrogens is 307 g/mol. The predicted octanol–water partition coefficient (Wildman–Crippen LogP) is 4.77. The van der Waals surface area contributed by atoms with Crippen LogP contribution >= 0.6 is 0 Å². The van der Waals surface area contributed by atoms with E-state index in [9.17, 15) is 14.3 Å². The van der Waals surface area contributed by atoms with Crippen LogP contribution in [0.15, 0.2) is 72.8 Å². The molecule has 0 aliphatic rings. The van der Waals surface area contributed by atoms with Crippen LogP contribution in [-0.4, -0.2) is 11.1 Å². The Bertz CT molecular complexity index is 860. The summed E-state index contributed by atoms with van der Waals surface area (Å²) in [5.41, 5.74) is 1.80. The van der Waals surface area contributed by atoms with E-state index in [0.717, 1.165) is 5.56 Å². The number of benzene rings is 3. The third kappa shape index (κ3) is 3.43. The molecule has 0 atom stereocenters. The van der Waals surface area contributed by atoms with E-state index >= 15 is 0 Å². The molecule has 0 aliphatic heterocycles. The Hall–Kier alpha value is -3.14. The number of rotatable bonds is 5. The van der Waals surface area contributed by atoms with Crippen LogP contribution in [0.25, 0.3) is 11.1 Å². The normalized spacial score (nSPS) is 10.4. The van der Waals surface area contributed by atoms with E-state index in [1.165, 1.54) is 12.1 Å². The van der Waals surface area contributed by atoms with Crippen molar-refractivity contribution in [3.63, 3.8) is 0 Å². The molecule has 0 unspecified atom stereocenters. The summed E-state index contributed by atoms with van der Waals surface area (Å²) in [4.78, 5) is 11.5. The topological polar surface area (TPSA) is 46.5 Å². The summed E-state index contributed by atoms with van der Waals surface area (Å²) in [6, 6.07) is 20.4. The number of carbonyl (C=O) groups is 1. The zero-order valence-electron chi connectivity index (χ0n) is 12.8. The van der Waals surface area contributed by atoms with Gasteiger partial charge >= 0.3 is 5.97 Å². The fourth-order valence-corrected chi connectivity index (χ4v) is 2.42. The Labute approximate surface area is 139 Å². The number of carboxylic acid groups (broad SMARTS) is 1. The molecule has 0 spiro atoms. The molecule has 0 bridgehead atoms. The van der Waals surface area contributed by atoms with Gasteiger partial charge in [-0.05, 0) is 29.3 Å². The second-order valence-corrected chi connectivity index (χ2v) is 5.27. The van der Waals surface area contributed by atoms with E-state index in [4.69, 9.17) is 4.74 Å². The van der Waals surface area contributed by atoms with Gasteiger partial charge in [-0.3, -0.25) is 0 Å². The smallest absolute Gasteiger partial charge is 0.339 e. The number of aromatic carboxylic acids is 1. The molecule has 3 aromatic carbocycles. The Balaban J connectivity index is 1.91. The molecule has 120 valence electrons. The standard InChI is InChI=1S/C20H15FO3/c21-18-9-5-4-8-16(18)15-10-11-19(17(12-15)20(22)23)24-13-14-6-2-1-3-7-14/h1-12H,13H2,(H,22,23). The van der Waals surface area contributed by atoms with E-state index in [0.29, 0.717) is 11.1 Å². The molecular formula is C20H15FO3. The van der Waals surface area contributed by atoms with Crippen molar-refractivity contribution in [3.8, 4) is 16.9 Å². The minimum atomic E-state index is -1.11. The molecule has 3 nitrogen and oxygen atoms in total. The van der Waals surface area contributed by atoms with Crippen molar-refractivity contribution in [3.05, 3.63) is 89.7 Å². The molecule has 0 amide bonds. The maximum Gasteiger partial charge on any atom is 0.339 e. The molecule has 0 saturated heterocycles. The molecule has 0 aromatic heterocycles. The lowest BCUT2D eigenvalue weighted by atomic mass is 10.0. The monoisotopic (exact) mass is 322 g/mol. The fourth-order valence-electron chi connectivity index (χ4n) is 2.42. The van der Waals surface area contributed by atoms with Crippen LogP contribution in [0.2, 0.25) is 0 Å². The van der Waals surface area contributed by atoms with Crippen LogP contribution in [0.5, 0.6) is 5.75 Å². The van der Waals surface area contributed by atoms with Crippen molar-refractivity contribution in [1.29, 1.82) is 0 Å². The van der Waals surface area contributed by atoms with Gasteiger partial charge in [0.05, 0.1) is 0 Å². The molecule has 3 rings (SSSR count). The third-order valence-corrected chi connectivity index (χ3v) is 3.63. The number of halogens is 1. The Kier molecular flexibility index (Phi) is 4.57. The predicted molar refractivity (Wildman–Crippen MR) is 89.6 cm³/mol. The third-order valence-electron chi connectivity index (χ3n) is 3.63. The van der Waals surface area contributed by atoms with Gasteiger partial charge < -0.3 is 9.84 Å². The van der Waals surface area contributed by atoms with Crippen molar-refractivity contribution in [2.45, 2.75) is 6.61 Å². The van der Waals surface area contributed by atoms with Gasteiger partial charge in [0.25, 0.3) is 0 Å². The van der Waals surface area contributed by atoms with E-state index in [1.807, 2.05) is 30.3 Å². The average Bonchev–Trinajstić information content (AvgIpc) is 2.61. The number of ether oxygens (including phenoxy) is 1. The van der Waals surface area contributed by atoms with Crippen molar-refractivity contribution in [2.24, 2.45) is 0 Å². The number of carboxylic acids is 1. The molecule has 0 aliphatic carbocycles. The van der Waals surface area contributed by atoms with Gasteiger partial charge in [0.1, 0.15) is 23.7 Å². The molecule has 24 heavy (non-hydrogen) atoms. The molecule has 0 radical (unpaired) electrons. The van der Waals surface area contributed by atoms with Gasteiger partial charge in [0.2, 0.25) is 0 Å². The van der Waals surface area contributed by atoms with Gasteiger partial charge in [0, 0.05) is 5.56 Å².